The molecule has 0 radical (unpaired) electrons. The van der Waals surface area contributed by atoms with Crippen molar-refractivity contribution in [1.29, 1.82) is 0 Å². The van der Waals surface area contributed by atoms with Crippen molar-refractivity contribution in [3.63, 3.8) is 0 Å². The molecule has 0 aliphatic carbocycles. The van der Waals surface area contributed by atoms with Crippen LogP contribution >= 0.6 is 0 Å². The minimum absolute atomic E-state index is 0.129. The zero-order chi connectivity index (χ0) is 14.6. The molecule has 6 nitrogen and oxygen atoms in total. The van der Waals surface area contributed by atoms with Crippen molar-refractivity contribution in [3.05, 3.63) is 17.0 Å². The average molecular weight is 269 g/mol. The summed E-state index contributed by atoms with van der Waals surface area (Å²) in [5, 5.41) is 16.1. The van der Waals surface area contributed by atoms with E-state index in [9.17, 15) is 9.90 Å². The summed E-state index contributed by atoms with van der Waals surface area (Å²) < 4.78 is 5.13. The van der Waals surface area contributed by atoms with Gasteiger partial charge >= 0.3 is 6.03 Å². The third-order valence-electron chi connectivity index (χ3n) is 3.03. The first-order chi connectivity index (χ1) is 8.86. The molecule has 19 heavy (non-hydrogen) atoms. The fourth-order valence-electron chi connectivity index (χ4n) is 2.10. The maximum atomic E-state index is 12.0. The van der Waals surface area contributed by atoms with E-state index in [0.717, 1.165) is 23.4 Å². The van der Waals surface area contributed by atoms with Crippen LogP contribution in [0.25, 0.3) is 0 Å². The summed E-state index contributed by atoms with van der Waals surface area (Å²) in [6.45, 7) is 7.63. The number of nitrogens with one attached hydrogen (secondary N) is 1. The van der Waals surface area contributed by atoms with E-state index < -0.39 is 6.10 Å². The molecule has 0 aromatic carbocycles. The largest absolute Gasteiger partial charge is 0.392 e. The van der Waals surface area contributed by atoms with Crippen LogP contribution in [0.3, 0.4) is 0 Å². The van der Waals surface area contributed by atoms with Gasteiger partial charge in [0.15, 0.2) is 0 Å². The standard InChI is InChI=1S/C13H23N3O3/c1-6-11(12-9(3)15-19-10(12)4)14-13(18)16(5)7-8(2)17/h8,11,17H,6-7H2,1-5H3,(H,14,18). The fourth-order valence-corrected chi connectivity index (χ4v) is 2.10. The number of urea groups is 1. The highest BCUT2D eigenvalue weighted by molar-refractivity contribution is 5.74. The fraction of sp³-hybridized carbons (Fsp3) is 0.692. The Kier molecular flexibility index (Phi) is 5.35. The van der Waals surface area contributed by atoms with Crippen molar-refractivity contribution in [3.8, 4) is 0 Å². The van der Waals surface area contributed by atoms with E-state index in [1.807, 2.05) is 20.8 Å². The smallest absolute Gasteiger partial charge is 0.317 e. The number of amides is 2. The van der Waals surface area contributed by atoms with Crippen LogP contribution in [0.1, 0.15) is 43.3 Å². The molecular weight excluding hydrogens is 246 g/mol. The van der Waals surface area contributed by atoms with Crippen LogP contribution in [0.2, 0.25) is 0 Å². The predicted molar refractivity (Wildman–Crippen MR) is 71.9 cm³/mol. The highest BCUT2D eigenvalue weighted by atomic mass is 16.5. The first kappa shape index (κ1) is 15.5. The Hall–Kier alpha value is -1.56. The normalized spacial score (nSPS) is 14.0. The number of aliphatic hydroxyl groups excluding tert-OH is 1. The summed E-state index contributed by atoms with van der Waals surface area (Å²) >= 11 is 0. The van der Waals surface area contributed by atoms with Gasteiger partial charge in [0.1, 0.15) is 5.76 Å². The number of aliphatic hydroxyl groups is 1. The summed E-state index contributed by atoms with van der Waals surface area (Å²) in [7, 11) is 1.65. The van der Waals surface area contributed by atoms with Gasteiger partial charge in [-0.3, -0.25) is 0 Å². The van der Waals surface area contributed by atoms with Gasteiger partial charge < -0.3 is 19.8 Å². The lowest BCUT2D eigenvalue weighted by Crippen LogP contribution is -2.42. The zero-order valence-corrected chi connectivity index (χ0v) is 12.2. The molecule has 2 N–H and O–H groups in total. The lowest BCUT2D eigenvalue weighted by molar-refractivity contribution is 0.142. The van der Waals surface area contributed by atoms with E-state index in [0.29, 0.717) is 6.54 Å². The minimum atomic E-state index is -0.546. The molecule has 1 heterocycles. The number of hydrogen-bond donors (Lipinski definition) is 2. The molecule has 0 aliphatic heterocycles. The maximum Gasteiger partial charge on any atom is 0.317 e. The van der Waals surface area contributed by atoms with E-state index >= 15 is 0 Å². The van der Waals surface area contributed by atoms with Gasteiger partial charge in [0.2, 0.25) is 0 Å². The van der Waals surface area contributed by atoms with Gasteiger partial charge in [-0.25, -0.2) is 4.79 Å². The van der Waals surface area contributed by atoms with E-state index in [4.69, 9.17) is 4.52 Å². The van der Waals surface area contributed by atoms with Crippen LogP contribution in [0, 0.1) is 13.8 Å². The topological polar surface area (TPSA) is 78.6 Å². The lowest BCUT2D eigenvalue weighted by Gasteiger charge is -2.23. The van der Waals surface area contributed by atoms with Crippen LogP contribution in [0.15, 0.2) is 4.52 Å². The number of carbonyl (C=O) groups excluding carboxylic acids is 1. The number of nitrogens with zero attached hydrogens (tertiary/aromatic N) is 2. The van der Waals surface area contributed by atoms with Crippen molar-refractivity contribution >= 4 is 6.03 Å². The van der Waals surface area contributed by atoms with Crippen molar-refractivity contribution < 1.29 is 14.4 Å². The van der Waals surface area contributed by atoms with Crippen molar-refractivity contribution in [2.75, 3.05) is 13.6 Å². The van der Waals surface area contributed by atoms with Gasteiger partial charge in [-0.15, -0.1) is 0 Å². The van der Waals surface area contributed by atoms with Crippen molar-refractivity contribution in [2.24, 2.45) is 0 Å². The molecule has 108 valence electrons. The van der Waals surface area contributed by atoms with Gasteiger partial charge in [-0.05, 0) is 27.2 Å². The van der Waals surface area contributed by atoms with E-state index in [-0.39, 0.29) is 12.1 Å². The Morgan fingerprint density at radius 3 is 2.58 bits per heavy atom. The number of aryl methyl sites for hydroxylation is 2. The second kappa shape index (κ2) is 6.56. The van der Waals surface area contributed by atoms with Gasteiger partial charge in [-0.2, -0.15) is 0 Å². The highest BCUT2D eigenvalue weighted by Gasteiger charge is 2.22. The Balaban J connectivity index is 2.75. The monoisotopic (exact) mass is 269 g/mol. The lowest BCUT2D eigenvalue weighted by atomic mass is 10.0. The molecule has 6 heteroatoms. The van der Waals surface area contributed by atoms with E-state index in [2.05, 4.69) is 10.5 Å². The number of carbonyl (C=O) groups is 1. The molecule has 1 aromatic heterocycles. The Morgan fingerprint density at radius 1 is 1.53 bits per heavy atom. The molecule has 1 aromatic rings. The molecule has 0 bridgehead atoms. The SMILES string of the molecule is CCC(NC(=O)N(C)CC(C)O)c1c(C)noc1C. The first-order valence-corrected chi connectivity index (χ1v) is 6.49. The number of likely N-dealkylation sites (N-methyl/N-ethyl adjacent to an activating group) is 1. The first-order valence-electron chi connectivity index (χ1n) is 6.49. The summed E-state index contributed by atoms with van der Waals surface area (Å²) in [4.78, 5) is 13.5. The van der Waals surface area contributed by atoms with Crippen LogP contribution in [0.5, 0.6) is 0 Å². The second-order valence-corrected chi connectivity index (χ2v) is 4.88. The van der Waals surface area contributed by atoms with Crippen LogP contribution in [0.4, 0.5) is 4.79 Å². The van der Waals surface area contributed by atoms with Crippen LogP contribution in [-0.4, -0.2) is 40.9 Å². The van der Waals surface area contributed by atoms with Gasteiger partial charge in [0, 0.05) is 19.2 Å². The zero-order valence-electron chi connectivity index (χ0n) is 12.2. The van der Waals surface area contributed by atoms with Crippen molar-refractivity contribution in [1.82, 2.24) is 15.4 Å². The molecule has 2 atom stereocenters. The summed E-state index contributed by atoms with van der Waals surface area (Å²) in [5.41, 5.74) is 1.73. The molecule has 0 aliphatic rings. The van der Waals surface area contributed by atoms with E-state index in [1.165, 1.54) is 4.90 Å². The van der Waals surface area contributed by atoms with Crippen LogP contribution < -0.4 is 5.32 Å². The Morgan fingerprint density at radius 2 is 2.16 bits per heavy atom. The highest BCUT2D eigenvalue weighted by Crippen LogP contribution is 2.24. The predicted octanol–water partition coefficient (Wildman–Crippen LogP) is 1.76. The number of aromatic nitrogens is 1. The summed E-state index contributed by atoms with van der Waals surface area (Å²) in [6, 6.07) is -0.344. The van der Waals surface area contributed by atoms with Gasteiger partial charge in [0.25, 0.3) is 0 Å². The molecule has 2 unspecified atom stereocenters. The molecule has 2 amide bonds. The second-order valence-electron chi connectivity index (χ2n) is 4.88. The number of hydrogen-bond acceptors (Lipinski definition) is 4. The summed E-state index contributed by atoms with van der Waals surface area (Å²) in [6.07, 6.45) is 0.201. The Labute approximate surface area is 113 Å². The molecule has 0 saturated heterocycles. The van der Waals surface area contributed by atoms with Crippen molar-refractivity contribution in [2.45, 2.75) is 46.3 Å². The quantitative estimate of drug-likeness (QED) is 0.853. The summed E-state index contributed by atoms with van der Waals surface area (Å²) in [5.74, 6) is 0.725. The molecule has 0 spiro atoms. The third kappa shape index (κ3) is 3.96. The molecule has 0 saturated carbocycles. The van der Waals surface area contributed by atoms with Gasteiger partial charge in [-0.1, -0.05) is 12.1 Å². The van der Waals surface area contributed by atoms with Crippen LogP contribution in [-0.2, 0) is 0 Å². The maximum absolute atomic E-state index is 12.0. The third-order valence-corrected chi connectivity index (χ3v) is 3.03. The Bertz CT molecular complexity index is 409. The van der Waals surface area contributed by atoms with Gasteiger partial charge in [0.05, 0.1) is 17.8 Å². The molecular formula is C13H23N3O3. The number of rotatable bonds is 5. The van der Waals surface area contributed by atoms with E-state index in [1.54, 1.807) is 14.0 Å². The molecule has 1 rings (SSSR count). The molecule has 0 fully saturated rings. The average Bonchev–Trinajstić information content (AvgIpc) is 2.65. The minimum Gasteiger partial charge on any atom is -0.392 e.